The second-order valence-electron chi connectivity index (χ2n) is 6.16. The highest BCUT2D eigenvalue weighted by atomic mass is 35.5. The molecule has 7 heteroatoms. The largest absolute Gasteiger partial charge is 0.482 e. The summed E-state index contributed by atoms with van der Waals surface area (Å²) < 4.78 is 5.54. The monoisotopic (exact) mass is 408 g/mol. The Kier molecular flexibility index (Phi) is 7.51. The molecule has 1 atom stereocenters. The van der Waals surface area contributed by atoms with E-state index in [1.807, 2.05) is 31.2 Å². The van der Waals surface area contributed by atoms with Gasteiger partial charge in [0.1, 0.15) is 11.8 Å². The van der Waals surface area contributed by atoms with Crippen molar-refractivity contribution in [2.24, 2.45) is 0 Å². The Morgan fingerprint density at radius 2 is 1.81 bits per heavy atom. The molecule has 0 radical (unpaired) electrons. The van der Waals surface area contributed by atoms with Gasteiger partial charge >= 0.3 is 0 Å². The van der Waals surface area contributed by atoms with Crippen molar-refractivity contribution in [3.63, 3.8) is 0 Å². The van der Waals surface area contributed by atoms with Crippen LogP contribution in [0.1, 0.15) is 18.1 Å². The zero-order valence-corrected chi connectivity index (χ0v) is 17.0. The fourth-order valence-electron chi connectivity index (χ4n) is 2.50. The fourth-order valence-corrected chi connectivity index (χ4v) is 2.96. The molecule has 1 N–H and O–H groups in total. The van der Waals surface area contributed by atoms with Crippen molar-refractivity contribution in [3.05, 3.63) is 63.6 Å². The number of likely N-dealkylation sites (N-methyl/N-ethyl adjacent to an activating group) is 1. The summed E-state index contributed by atoms with van der Waals surface area (Å²) >= 11 is 11.9. The lowest BCUT2D eigenvalue weighted by molar-refractivity contribution is -0.142. The number of halogens is 2. The first-order chi connectivity index (χ1) is 12.8. The molecule has 2 aromatic carbocycles. The van der Waals surface area contributed by atoms with Crippen LogP contribution in [0.25, 0.3) is 0 Å². The van der Waals surface area contributed by atoms with Crippen LogP contribution in [0.2, 0.25) is 10.0 Å². The Morgan fingerprint density at radius 3 is 2.41 bits per heavy atom. The lowest BCUT2D eigenvalue weighted by atomic mass is 10.1. The molecule has 0 aliphatic carbocycles. The van der Waals surface area contributed by atoms with Gasteiger partial charge < -0.3 is 15.0 Å². The van der Waals surface area contributed by atoms with Gasteiger partial charge in [0.2, 0.25) is 5.91 Å². The molecule has 0 heterocycles. The van der Waals surface area contributed by atoms with E-state index in [2.05, 4.69) is 5.32 Å². The number of aryl methyl sites for hydroxylation is 1. The molecule has 0 aliphatic rings. The smallest absolute Gasteiger partial charge is 0.261 e. The minimum atomic E-state index is -0.645. The highest BCUT2D eigenvalue weighted by molar-refractivity contribution is 6.35. The molecule has 0 aliphatic heterocycles. The third-order valence-electron chi connectivity index (χ3n) is 4.13. The van der Waals surface area contributed by atoms with Crippen molar-refractivity contribution in [1.29, 1.82) is 0 Å². The first-order valence-electron chi connectivity index (χ1n) is 8.46. The Balaban J connectivity index is 2.14. The van der Waals surface area contributed by atoms with E-state index in [1.54, 1.807) is 25.1 Å². The fraction of sp³-hybridized carbons (Fsp3) is 0.300. The topological polar surface area (TPSA) is 58.6 Å². The minimum absolute atomic E-state index is 0.242. The standard InChI is InChI=1S/C20H22Cl2N2O3/c1-13-4-6-15(7-5-13)11-24(14(2)20(26)23-3)19(25)12-27-18-9-8-16(21)10-17(18)22/h4-10,14H,11-12H2,1-3H3,(H,23,26)/t14-/m1/s1. The third kappa shape index (κ3) is 5.88. The summed E-state index contributed by atoms with van der Waals surface area (Å²) in [6.07, 6.45) is 0. The van der Waals surface area contributed by atoms with Gasteiger partial charge in [-0.2, -0.15) is 0 Å². The highest BCUT2D eigenvalue weighted by Gasteiger charge is 2.26. The van der Waals surface area contributed by atoms with Gasteiger partial charge in [-0.3, -0.25) is 9.59 Å². The number of carbonyl (C=O) groups excluding carboxylic acids is 2. The number of carbonyl (C=O) groups is 2. The predicted molar refractivity (Wildman–Crippen MR) is 107 cm³/mol. The van der Waals surface area contributed by atoms with Gasteiger partial charge in [0.05, 0.1) is 5.02 Å². The van der Waals surface area contributed by atoms with Gasteiger partial charge in [-0.05, 0) is 37.6 Å². The molecule has 0 saturated carbocycles. The van der Waals surface area contributed by atoms with Crippen LogP contribution in [0.15, 0.2) is 42.5 Å². The van der Waals surface area contributed by atoms with Crippen LogP contribution in [0.5, 0.6) is 5.75 Å². The first-order valence-corrected chi connectivity index (χ1v) is 9.22. The Hall–Kier alpha value is -2.24. The number of nitrogens with zero attached hydrogens (tertiary/aromatic N) is 1. The molecule has 0 fully saturated rings. The zero-order valence-electron chi connectivity index (χ0n) is 15.5. The minimum Gasteiger partial charge on any atom is -0.482 e. The first kappa shape index (κ1) is 21.1. The summed E-state index contributed by atoms with van der Waals surface area (Å²) in [4.78, 5) is 26.3. The highest BCUT2D eigenvalue weighted by Crippen LogP contribution is 2.27. The van der Waals surface area contributed by atoms with Crippen LogP contribution in [0, 0.1) is 6.92 Å². The van der Waals surface area contributed by atoms with Gasteiger partial charge in [0, 0.05) is 18.6 Å². The molecule has 5 nitrogen and oxygen atoms in total. The molecule has 0 aromatic heterocycles. The van der Waals surface area contributed by atoms with Crippen molar-refractivity contribution in [2.45, 2.75) is 26.4 Å². The number of rotatable bonds is 7. The molecular weight excluding hydrogens is 387 g/mol. The number of hydrogen-bond acceptors (Lipinski definition) is 3. The van der Waals surface area contributed by atoms with Crippen molar-refractivity contribution in [1.82, 2.24) is 10.2 Å². The molecule has 0 spiro atoms. The average molecular weight is 409 g/mol. The van der Waals surface area contributed by atoms with E-state index in [9.17, 15) is 9.59 Å². The van der Waals surface area contributed by atoms with Gasteiger partial charge in [-0.1, -0.05) is 53.0 Å². The van der Waals surface area contributed by atoms with E-state index >= 15 is 0 Å². The van der Waals surface area contributed by atoms with Crippen LogP contribution in [-0.4, -0.2) is 36.4 Å². The SMILES string of the molecule is CNC(=O)[C@@H](C)N(Cc1ccc(C)cc1)C(=O)COc1ccc(Cl)cc1Cl. The lowest BCUT2D eigenvalue weighted by Gasteiger charge is -2.28. The molecule has 2 amide bonds. The molecular formula is C20H22Cl2N2O3. The zero-order chi connectivity index (χ0) is 20.0. The van der Waals surface area contributed by atoms with Crippen LogP contribution >= 0.6 is 23.2 Å². The molecule has 0 saturated heterocycles. The summed E-state index contributed by atoms with van der Waals surface area (Å²) in [5.41, 5.74) is 2.05. The van der Waals surface area contributed by atoms with E-state index in [4.69, 9.17) is 27.9 Å². The van der Waals surface area contributed by atoms with Gasteiger partial charge in [0.15, 0.2) is 6.61 Å². The number of nitrogens with one attached hydrogen (secondary N) is 1. The maximum atomic E-state index is 12.8. The van der Waals surface area contributed by atoms with Crippen LogP contribution in [-0.2, 0) is 16.1 Å². The summed E-state index contributed by atoms with van der Waals surface area (Å²) in [5.74, 6) is -0.213. The van der Waals surface area contributed by atoms with Crippen LogP contribution in [0.4, 0.5) is 0 Å². The van der Waals surface area contributed by atoms with Crippen molar-refractivity contribution >= 4 is 35.0 Å². The third-order valence-corrected chi connectivity index (χ3v) is 4.66. The molecule has 2 rings (SSSR count). The van der Waals surface area contributed by atoms with Gasteiger partial charge in [-0.15, -0.1) is 0 Å². The van der Waals surface area contributed by atoms with E-state index < -0.39 is 6.04 Å². The number of hydrogen-bond donors (Lipinski definition) is 1. The summed E-state index contributed by atoms with van der Waals surface area (Å²) in [7, 11) is 1.54. The maximum absolute atomic E-state index is 12.8. The summed E-state index contributed by atoms with van der Waals surface area (Å²) in [5, 5.41) is 3.37. The molecule has 0 bridgehead atoms. The average Bonchev–Trinajstić information content (AvgIpc) is 2.65. The summed E-state index contributed by atoms with van der Waals surface area (Å²) in [6.45, 7) is 3.73. The normalized spacial score (nSPS) is 11.6. The van der Waals surface area contributed by atoms with E-state index in [-0.39, 0.29) is 18.4 Å². The Bertz CT molecular complexity index is 809. The lowest BCUT2D eigenvalue weighted by Crippen LogP contribution is -2.48. The Morgan fingerprint density at radius 1 is 1.15 bits per heavy atom. The molecule has 27 heavy (non-hydrogen) atoms. The Labute approximate surface area is 169 Å². The number of amides is 2. The van der Waals surface area contributed by atoms with Crippen LogP contribution in [0.3, 0.4) is 0 Å². The second kappa shape index (κ2) is 9.62. The van der Waals surface area contributed by atoms with Crippen molar-refractivity contribution in [2.75, 3.05) is 13.7 Å². The number of ether oxygens (including phenoxy) is 1. The number of benzene rings is 2. The van der Waals surface area contributed by atoms with Gasteiger partial charge in [-0.25, -0.2) is 0 Å². The molecule has 0 unspecified atom stereocenters. The van der Waals surface area contributed by atoms with Gasteiger partial charge in [0.25, 0.3) is 5.91 Å². The quantitative estimate of drug-likeness (QED) is 0.756. The maximum Gasteiger partial charge on any atom is 0.261 e. The van der Waals surface area contributed by atoms with E-state index in [1.165, 1.54) is 11.9 Å². The predicted octanol–water partition coefficient (Wildman–Crippen LogP) is 3.84. The molecule has 2 aromatic rings. The van der Waals surface area contributed by atoms with E-state index in [0.29, 0.717) is 22.3 Å². The van der Waals surface area contributed by atoms with E-state index in [0.717, 1.165) is 11.1 Å². The van der Waals surface area contributed by atoms with Crippen molar-refractivity contribution < 1.29 is 14.3 Å². The van der Waals surface area contributed by atoms with Crippen molar-refractivity contribution in [3.8, 4) is 5.75 Å². The summed E-state index contributed by atoms with van der Waals surface area (Å²) in [6, 6.07) is 11.9. The second-order valence-corrected chi connectivity index (χ2v) is 7.00. The van der Waals surface area contributed by atoms with Crippen LogP contribution < -0.4 is 10.1 Å². The molecule has 144 valence electrons.